The number of carboxylic acid groups (broad SMARTS) is 1. The van der Waals surface area contributed by atoms with Crippen LogP contribution in [0, 0.1) is 11.3 Å². The summed E-state index contributed by atoms with van der Waals surface area (Å²) in [5.74, 6) is -0.720. The molecule has 1 fully saturated rings. The van der Waals surface area contributed by atoms with Gasteiger partial charge in [-0.2, -0.15) is 5.26 Å². The lowest BCUT2D eigenvalue weighted by molar-refractivity contribution is -0.137. The molecule has 1 aliphatic rings. The van der Waals surface area contributed by atoms with Gasteiger partial charge in [-0.3, -0.25) is 9.69 Å². The van der Waals surface area contributed by atoms with Crippen molar-refractivity contribution in [3.8, 4) is 6.07 Å². The third-order valence-electron chi connectivity index (χ3n) is 3.88. The van der Waals surface area contributed by atoms with E-state index in [0.29, 0.717) is 18.0 Å². The van der Waals surface area contributed by atoms with Gasteiger partial charge in [0.2, 0.25) is 0 Å². The van der Waals surface area contributed by atoms with Gasteiger partial charge in [-0.05, 0) is 43.5 Å². The van der Waals surface area contributed by atoms with E-state index in [-0.39, 0.29) is 6.42 Å². The number of rotatable bonds is 5. The van der Waals surface area contributed by atoms with Crippen LogP contribution in [-0.2, 0) is 11.3 Å². The van der Waals surface area contributed by atoms with Crippen molar-refractivity contribution < 1.29 is 9.90 Å². The largest absolute Gasteiger partial charge is 0.481 e. The summed E-state index contributed by atoms with van der Waals surface area (Å²) in [4.78, 5) is 13.1. The average molecular weight is 272 g/mol. The molecule has 0 spiro atoms. The number of hydrogen-bond donors (Lipinski definition) is 1. The van der Waals surface area contributed by atoms with Crippen LogP contribution >= 0.6 is 0 Å². The molecule has 1 saturated heterocycles. The minimum atomic E-state index is -0.720. The number of nitrogens with zero attached hydrogens (tertiary/aromatic N) is 2. The van der Waals surface area contributed by atoms with E-state index in [0.717, 1.165) is 25.1 Å². The van der Waals surface area contributed by atoms with Crippen LogP contribution in [0.25, 0.3) is 0 Å². The number of benzene rings is 1. The van der Waals surface area contributed by atoms with E-state index in [9.17, 15) is 4.79 Å². The average Bonchev–Trinajstić information content (AvgIpc) is 2.46. The zero-order chi connectivity index (χ0) is 14.4. The van der Waals surface area contributed by atoms with Gasteiger partial charge in [0.05, 0.1) is 11.6 Å². The Bertz CT molecular complexity index is 507. The van der Waals surface area contributed by atoms with Gasteiger partial charge in [0.1, 0.15) is 0 Å². The molecule has 4 heteroatoms. The van der Waals surface area contributed by atoms with E-state index in [1.54, 1.807) is 0 Å². The summed E-state index contributed by atoms with van der Waals surface area (Å²) in [6.07, 6.45) is 4.37. The van der Waals surface area contributed by atoms with E-state index in [2.05, 4.69) is 11.0 Å². The normalized spacial score (nSPS) is 19.4. The molecular formula is C16H20N2O2. The summed E-state index contributed by atoms with van der Waals surface area (Å²) in [7, 11) is 0. The van der Waals surface area contributed by atoms with Gasteiger partial charge in [-0.1, -0.05) is 18.6 Å². The van der Waals surface area contributed by atoms with Crippen molar-refractivity contribution in [2.45, 2.75) is 44.7 Å². The number of nitriles is 1. The van der Waals surface area contributed by atoms with E-state index < -0.39 is 5.97 Å². The third-order valence-corrected chi connectivity index (χ3v) is 3.88. The highest BCUT2D eigenvalue weighted by Gasteiger charge is 2.22. The highest BCUT2D eigenvalue weighted by atomic mass is 16.4. The molecule has 4 nitrogen and oxygen atoms in total. The number of piperidine rings is 1. The van der Waals surface area contributed by atoms with Crippen LogP contribution in [0.1, 0.15) is 43.2 Å². The zero-order valence-electron chi connectivity index (χ0n) is 11.6. The second-order valence-corrected chi connectivity index (χ2v) is 5.36. The molecule has 0 amide bonds. The molecule has 0 radical (unpaired) electrons. The third kappa shape index (κ3) is 4.07. The van der Waals surface area contributed by atoms with Crippen LogP contribution in [0.5, 0.6) is 0 Å². The Kier molecular flexibility index (Phi) is 5.14. The molecule has 1 heterocycles. The van der Waals surface area contributed by atoms with Crippen molar-refractivity contribution in [2.24, 2.45) is 0 Å². The van der Waals surface area contributed by atoms with E-state index >= 15 is 0 Å². The van der Waals surface area contributed by atoms with Crippen LogP contribution in [0.4, 0.5) is 0 Å². The fraction of sp³-hybridized carbons (Fsp3) is 0.500. The second kappa shape index (κ2) is 7.06. The van der Waals surface area contributed by atoms with Crippen molar-refractivity contribution in [3.63, 3.8) is 0 Å². The Morgan fingerprint density at radius 2 is 2.30 bits per heavy atom. The Labute approximate surface area is 119 Å². The van der Waals surface area contributed by atoms with Gasteiger partial charge in [0.15, 0.2) is 0 Å². The van der Waals surface area contributed by atoms with Crippen LogP contribution in [-0.4, -0.2) is 28.6 Å². The lowest BCUT2D eigenvalue weighted by atomic mass is 9.97. The molecule has 106 valence electrons. The van der Waals surface area contributed by atoms with Crippen LogP contribution in [0.15, 0.2) is 24.3 Å². The van der Waals surface area contributed by atoms with Gasteiger partial charge >= 0.3 is 5.97 Å². The smallest absolute Gasteiger partial charge is 0.303 e. The molecule has 0 bridgehead atoms. The number of carbonyl (C=O) groups is 1. The minimum Gasteiger partial charge on any atom is -0.481 e. The maximum atomic E-state index is 10.7. The highest BCUT2D eigenvalue weighted by molar-refractivity contribution is 5.66. The predicted octanol–water partition coefficient (Wildman–Crippen LogP) is 2.78. The molecule has 1 atom stereocenters. The molecule has 1 N–H and O–H groups in total. The summed E-state index contributed by atoms with van der Waals surface area (Å²) >= 11 is 0. The van der Waals surface area contributed by atoms with Crippen LogP contribution in [0.2, 0.25) is 0 Å². The molecule has 2 rings (SSSR count). The van der Waals surface area contributed by atoms with E-state index in [4.69, 9.17) is 10.4 Å². The van der Waals surface area contributed by atoms with Gasteiger partial charge in [0.25, 0.3) is 0 Å². The summed E-state index contributed by atoms with van der Waals surface area (Å²) in [5, 5.41) is 17.8. The van der Waals surface area contributed by atoms with Crippen molar-refractivity contribution in [3.05, 3.63) is 35.4 Å². The summed E-state index contributed by atoms with van der Waals surface area (Å²) in [6, 6.07) is 10.2. The number of likely N-dealkylation sites (tertiary alicyclic amines) is 1. The summed E-state index contributed by atoms with van der Waals surface area (Å²) in [5.41, 5.74) is 1.81. The van der Waals surface area contributed by atoms with Crippen molar-refractivity contribution >= 4 is 5.97 Å². The predicted molar refractivity (Wildman–Crippen MR) is 76.1 cm³/mol. The van der Waals surface area contributed by atoms with Gasteiger partial charge < -0.3 is 5.11 Å². The first kappa shape index (κ1) is 14.5. The molecule has 1 aromatic rings. The molecule has 0 aromatic heterocycles. The van der Waals surface area contributed by atoms with E-state index in [1.807, 2.05) is 24.3 Å². The molecule has 0 aliphatic carbocycles. The molecule has 1 unspecified atom stereocenters. The Balaban J connectivity index is 2.00. The number of aliphatic carboxylic acids is 1. The highest BCUT2D eigenvalue weighted by Crippen LogP contribution is 2.23. The van der Waals surface area contributed by atoms with Gasteiger partial charge in [-0.15, -0.1) is 0 Å². The molecule has 20 heavy (non-hydrogen) atoms. The lowest BCUT2D eigenvalue weighted by Crippen LogP contribution is -2.39. The van der Waals surface area contributed by atoms with Crippen molar-refractivity contribution in [2.75, 3.05) is 6.54 Å². The van der Waals surface area contributed by atoms with Gasteiger partial charge in [-0.25, -0.2) is 0 Å². The first-order valence-electron chi connectivity index (χ1n) is 7.14. The summed E-state index contributed by atoms with van der Waals surface area (Å²) in [6.45, 7) is 1.82. The quantitative estimate of drug-likeness (QED) is 0.895. The minimum absolute atomic E-state index is 0.236. The first-order chi connectivity index (χ1) is 9.69. The molecule has 1 aliphatic heterocycles. The Morgan fingerprint density at radius 1 is 1.45 bits per heavy atom. The summed E-state index contributed by atoms with van der Waals surface area (Å²) < 4.78 is 0. The van der Waals surface area contributed by atoms with Crippen LogP contribution in [0.3, 0.4) is 0 Å². The molecular weight excluding hydrogens is 252 g/mol. The van der Waals surface area contributed by atoms with Crippen LogP contribution < -0.4 is 0 Å². The van der Waals surface area contributed by atoms with Crippen molar-refractivity contribution in [1.29, 1.82) is 5.26 Å². The maximum Gasteiger partial charge on any atom is 0.303 e. The number of carboxylic acids is 1. The number of hydrogen-bond acceptors (Lipinski definition) is 3. The Morgan fingerprint density at radius 3 is 3.05 bits per heavy atom. The standard InChI is InChI=1S/C16H20N2O2/c17-11-13-4-3-5-14(10-13)12-18-9-2-1-6-15(18)7-8-16(19)20/h3-5,10,15H,1-2,6-9,12H2,(H,19,20). The topological polar surface area (TPSA) is 64.3 Å². The Hall–Kier alpha value is -1.86. The van der Waals surface area contributed by atoms with Crippen molar-refractivity contribution in [1.82, 2.24) is 4.90 Å². The molecule has 0 saturated carbocycles. The van der Waals surface area contributed by atoms with E-state index in [1.165, 1.54) is 12.8 Å². The maximum absolute atomic E-state index is 10.7. The molecule has 1 aromatic carbocycles. The van der Waals surface area contributed by atoms with Gasteiger partial charge in [0, 0.05) is 19.0 Å². The SMILES string of the molecule is N#Cc1cccc(CN2CCCCC2CCC(=O)O)c1. The zero-order valence-corrected chi connectivity index (χ0v) is 11.6. The first-order valence-corrected chi connectivity index (χ1v) is 7.14. The fourth-order valence-corrected chi connectivity index (χ4v) is 2.86. The fourth-order valence-electron chi connectivity index (χ4n) is 2.86. The second-order valence-electron chi connectivity index (χ2n) is 5.36. The monoisotopic (exact) mass is 272 g/mol. The lowest BCUT2D eigenvalue weighted by Gasteiger charge is -2.35.